The highest BCUT2D eigenvalue weighted by Crippen LogP contribution is 2.39. The van der Waals surface area contributed by atoms with Crippen molar-refractivity contribution < 1.29 is 42.9 Å². The van der Waals surface area contributed by atoms with Crippen LogP contribution in [-0.4, -0.2) is 54.9 Å². The molecule has 1 heterocycles. The molecule has 5 atom stereocenters. The third-order valence-electron chi connectivity index (χ3n) is 6.23. The van der Waals surface area contributed by atoms with Crippen molar-refractivity contribution >= 4 is 41.1 Å². The van der Waals surface area contributed by atoms with Crippen LogP contribution in [0.3, 0.4) is 0 Å². The van der Waals surface area contributed by atoms with Gasteiger partial charge >= 0.3 is 23.9 Å². The quantitative estimate of drug-likeness (QED) is 0.310. The Kier molecular flexibility index (Phi) is 10.5. The molecule has 1 aliphatic heterocycles. The number of carbonyl (C=O) groups excluding carboxylic acids is 4. The van der Waals surface area contributed by atoms with Gasteiger partial charge in [-0.1, -0.05) is 60.2 Å². The molecule has 0 saturated carbocycles. The van der Waals surface area contributed by atoms with Crippen LogP contribution < -0.4 is 0 Å². The highest BCUT2D eigenvalue weighted by atomic mass is 35.5. The summed E-state index contributed by atoms with van der Waals surface area (Å²) in [7, 11) is 0. The Bertz CT molecular complexity index is 1270. The van der Waals surface area contributed by atoms with Gasteiger partial charge in [-0.15, -0.1) is 0 Å². The summed E-state index contributed by atoms with van der Waals surface area (Å²) in [6.07, 6.45) is -5.19. The van der Waals surface area contributed by atoms with E-state index in [1.807, 2.05) is 37.3 Å². The Morgan fingerprint density at radius 3 is 1.93 bits per heavy atom. The van der Waals surface area contributed by atoms with Crippen molar-refractivity contribution in [3.05, 3.63) is 76.3 Å². The molecule has 0 amide bonds. The summed E-state index contributed by atoms with van der Waals surface area (Å²) in [6, 6.07) is 13.2. The zero-order chi connectivity index (χ0) is 29.6. The molecular formula is C30H33ClO9. The number of esters is 4. The van der Waals surface area contributed by atoms with Crippen molar-refractivity contribution in [2.75, 3.05) is 6.61 Å². The first kappa shape index (κ1) is 30.8. The van der Waals surface area contributed by atoms with Crippen LogP contribution in [0.1, 0.15) is 63.0 Å². The van der Waals surface area contributed by atoms with Crippen molar-refractivity contribution in [2.24, 2.45) is 0 Å². The highest BCUT2D eigenvalue weighted by molar-refractivity contribution is 6.31. The lowest BCUT2D eigenvalue weighted by Gasteiger charge is -2.44. The number of hydrogen-bond donors (Lipinski definition) is 0. The maximum Gasteiger partial charge on any atom is 0.303 e. The average Bonchev–Trinajstić information content (AvgIpc) is 2.86. The van der Waals surface area contributed by atoms with E-state index < -0.39 is 54.4 Å². The second-order valence-corrected chi connectivity index (χ2v) is 10.0. The van der Waals surface area contributed by atoms with Gasteiger partial charge in [-0.05, 0) is 41.7 Å². The van der Waals surface area contributed by atoms with Crippen LogP contribution >= 0.6 is 11.6 Å². The van der Waals surface area contributed by atoms with Crippen molar-refractivity contribution in [2.45, 2.75) is 71.6 Å². The summed E-state index contributed by atoms with van der Waals surface area (Å²) in [5.41, 5.74) is 4.33. The van der Waals surface area contributed by atoms with Gasteiger partial charge in [0.25, 0.3) is 0 Å². The number of hydrogen-bond acceptors (Lipinski definition) is 9. The highest BCUT2D eigenvalue weighted by Gasteiger charge is 2.52. The number of ether oxygens (including phenoxy) is 5. The van der Waals surface area contributed by atoms with Crippen LogP contribution in [0.25, 0.3) is 5.57 Å². The van der Waals surface area contributed by atoms with Crippen LogP contribution in [0.2, 0.25) is 5.02 Å². The molecule has 0 radical (unpaired) electrons. The molecule has 10 heteroatoms. The molecule has 2 aromatic rings. The zero-order valence-electron chi connectivity index (χ0n) is 23.1. The van der Waals surface area contributed by atoms with Crippen molar-refractivity contribution in [1.82, 2.24) is 0 Å². The standard InChI is InChI=1S/C30H33ClO9/c1-16(2)22-9-7-21(8-10-22)13-24-14-23(11-12-25(24)31)27-29(38-19(5)34)30(39-20(6)35)28(37-18(4)33)26(40-27)15-36-17(3)32/h7-12,14,26-30H,1,13,15H2,2-6H3/t26-,27+,28-,29+,30+/m1/s1. The second kappa shape index (κ2) is 13.6. The van der Waals surface area contributed by atoms with E-state index in [1.165, 1.54) is 27.7 Å². The summed E-state index contributed by atoms with van der Waals surface area (Å²) in [5, 5.41) is 0.512. The molecule has 0 N–H and O–H groups in total. The van der Waals surface area contributed by atoms with Crippen molar-refractivity contribution in [1.29, 1.82) is 0 Å². The van der Waals surface area contributed by atoms with Gasteiger partial charge in [0.05, 0.1) is 0 Å². The molecule has 1 saturated heterocycles. The number of allylic oxidation sites excluding steroid dienone is 1. The Morgan fingerprint density at radius 2 is 1.38 bits per heavy atom. The van der Waals surface area contributed by atoms with Crippen molar-refractivity contribution in [3.8, 4) is 0 Å². The van der Waals surface area contributed by atoms with Gasteiger partial charge in [0, 0.05) is 32.7 Å². The predicted molar refractivity (Wildman–Crippen MR) is 146 cm³/mol. The Labute approximate surface area is 238 Å². The van der Waals surface area contributed by atoms with E-state index in [0.717, 1.165) is 22.3 Å². The van der Waals surface area contributed by atoms with Gasteiger partial charge in [0.1, 0.15) is 18.8 Å². The van der Waals surface area contributed by atoms with Gasteiger partial charge in [-0.3, -0.25) is 19.2 Å². The minimum absolute atomic E-state index is 0.302. The largest absolute Gasteiger partial charge is 0.463 e. The lowest BCUT2D eigenvalue weighted by atomic mass is 9.89. The third kappa shape index (κ3) is 8.16. The van der Waals surface area contributed by atoms with Gasteiger partial charge in [0.15, 0.2) is 18.3 Å². The van der Waals surface area contributed by atoms with Crippen molar-refractivity contribution in [3.63, 3.8) is 0 Å². The first-order chi connectivity index (χ1) is 18.8. The Morgan fingerprint density at radius 1 is 0.800 bits per heavy atom. The minimum Gasteiger partial charge on any atom is -0.463 e. The predicted octanol–water partition coefficient (Wildman–Crippen LogP) is 4.76. The summed E-state index contributed by atoms with van der Waals surface area (Å²) in [6.45, 7) is 10.4. The van der Waals surface area contributed by atoms with Gasteiger partial charge in [-0.25, -0.2) is 0 Å². The number of rotatable bonds is 9. The number of halogens is 1. The van der Waals surface area contributed by atoms with E-state index in [-0.39, 0.29) is 6.61 Å². The molecule has 1 fully saturated rings. The smallest absolute Gasteiger partial charge is 0.303 e. The van der Waals surface area contributed by atoms with E-state index in [4.69, 9.17) is 35.3 Å². The number of benzene rings is 2. The summed E-state index contributed by atoms with van der Waals surface area (Å²) < 4.78 is 28.0. The van der Waals surface area contributed by atoms with Gasteiger partial charge < -0.3 is 23.7 Å². The van der Waals surface area contributed by atoms with Gasteiger partial charge in [0.2, 0.25) is 0 Å². The molecule has 9 nitrogen and oxygen atoms in total. The minimum atomic E-state index is -1.25. The van der Waals surface area contributed by atoms with Crippen LogP contribution in [0.5, 0.6) is 0 Å². The topological polar surface area (TPSA) is 114 Å². The molecule has 3 rings (SSSR count). The fourth-order valence-corrected chi connectivity index (χ4v) is 4.72. The van der Waals surface area contributed by atoms with Gasteiger partial charge in [-0.2, -0.15) is 0 Å². The normalized spacial score (nSPS) is 22.1. The van der Waals surface area contributed by atoms with E-state index in [1.54, 1.807) is 12.1 Å². The van der Waals surface area contributed by atoms with E-state index in [0.29, 0.717) is 17.0 Å². The van der Waals surface area contributed by atoms with E-state index >= 15 is 0 Å². The molecular weight excluding hydrogens is 540 g/mol. The SMILES string of the molecule is C=C(C)c1ccc(Cc2cc([C@@H]3O[C@H](COC(C)=O)[C@@H](OC(C)=O)[C@H](OC(C)=O)[C@H]3OC(C)=O)ccc2Cl)cc1. The second-order valence-electron chi connectivity index (χ2n) is 9.62. The lowest BCUT2D eigenvalue weighted by Crippen LogP contribution is -2.59. The average molecular weight is 573 g/mol. The summed E-state index contributed by atoms with van der Waals surface area (Å²) in [5.74, 6) is -2.63. The molecule has 0 aliphatic carbocycles. The van der Waals surface area contributed by atoms with Crippen LogP contribution in [0.4, 0.5) is 0 Å². The Balaban J connectivity index is 2.05. The molecule has 0 aromatic heterocycles. The first-order valence-corrected chi connectivity index (χ1v) is 13.1. The maximum absolute atomic E-state index is 12.2. The summed E-state index contributed by atoms with van der Waals surface area (Å²) in [4.78, 5) is 47.8. The molecule has 2 aromatic carbocycles. The van der Waals surface area contributed by atoms with E-state index in [2.05, 4.69) is 6.58 Å². The number of carbonyl (C=O) groups is 4. The lowest BCUT2D eigenvalue weighted by molar-refractivity contribution is -0.254. The zero-order valence-corrected chi connectivity index (χ0v) is 23.9. The molecule has 0 spiro atoms. The molecule has 40 heavy (non-hydrogen) atoms. The Hall–Kier alpha value is -3.69. The van der Waals surface area contributed by atoms with Crippen LogP contribution in [0.15, 0.2) is 49.0 Å². The van der Waals surface area contributed by atoms with Crippen LogP contribution in [0, 0.1) is 0 Å². The van der Waals surface area contributed by atoms with Crippen LogP contribution in [-0.2, 0) is 49.3 Å². The third-order valence-corrected chi connectivity index (χ3v) is 6.60. The molecule has 214 valence electrons. The fourth-order valence-electron chi connectivity index (χ4n) is 4.53. The fraction of sp³-hybridized carbons (Fsp3) is 0.400. The molecule has 0 unspecified atom stereocenters. The van der Waals surface area contributed by atoms with E-state index in [9.17, 15) is 19.2 Å². The maximum atomic E-state index is 12.2. The monoisotopic (exact) mass is 572 g/mol. The molecule has 1 aliphatic rings. The molecule has 0 bridgehead atoms. The first-order valence-electron chi connectivity index (χ1n) is 12.7. The summed E-state index contributed by atoms with van der Waals surface area (Å²) >= 11 is 6.55.